The standard InChI is InChI=1S/C25H29N3O6/c1-15(2)34-13-7-12-26-20(29)14-27-23-17-10-11-19(32-3)22(33-4)21(17)25(31)28(23)18-9-6-5-8-16(18)24(27)30/h5-6,8-11,15,23H,7,12-14H2,1-4H3,(H,26,29)/t23-/m1/s1. The van der Waals surface area contributed by atoms with Gasteiger partial charge in [0.1, 0.15) is 12.7 Å². The van der Waals surface area contributed by atoms with Crippen molar-refractivity contribution in [1.82, 2.24) is 10.2 Å². The van der Waals surface area contributed by atoms with Gasteiger partial charge in [0.15, 0.2) is 11.5 Å². The first kappa shape index (κ1) is 23.6. The summed E-state index contributed by atoms with van der Waals surface area (Å²) in [6, 6.07) is 10.4. The zero-order valence-electron chi connectivity index (χ0n) is 19.8. The molecule has 2 aliphatic rings. The van der Waals surface area contributed by atoms with Gasteiger partial charge in [-0.1, -0.05) is 18.2 Å². The van der Waals surface area contributed by atoms with E-state index in [0.717, 1.165) is 0 Å². The van der Waals surface area contributed by atoms with Crippen LogP contribution < -0.4 is 19.7 Å². The lowest BCUT2D eigenvalue weighted by atomic mass is 10.0. The summed E-state index contributed by atoms with van der Waals surface area (Å²) >= 11 is 0. The number of para-hydroxylation sites is 1. The third kappa shape index (κ3) is 4.07. The van der Waals surface area contributed by atoms with E-state index < -0.39 is 6.17 Å². The number of rotatable bonds is 9. The number of ether oxygens (including phenoxy) is 3. The van der Waals surface area contributed by atoms with Crippen LogP contribution in [0.1, 0.15) is 52.7 Å². The van der Waals surface area contributed by atoms with Crippen molar-refractivity contribution in [3.05, 3.63) is 53.1 Å². The second-order valence-corrected chi connectivity index (χ2v) is 8.39. The van der Waals surface area contributed by atoms with Crippen LogP contribution in [-0.2, 0) is 9.53 Å². The minimum atomic E-state index is -0.764. The van der Waals surface area contributed by atoms with Crippen LogP contribution in [0.4, 0.5) is 5.69 Å². The first-order valence-corrected chi connectivity index (χ1v) is 11.3. The third-order valence-electron chi connectivity index (χ3n) is 5.89. The van der Waals surface area contributed by atoms with Crippen LogP contribution in [0, 0.1) is 0 Å². The van der Waals surface area contributed by atoms with Gasteiger partial charge in [-0.05, 0) is 38.5 Å². The Morgan fingerprint density at radius 2 is 1.82 bits per heavy atom. The number of amides is 3. The molecule has 0 aromatic heterocycles. The van der Waals surface area contributed by atoms with E-state index in [-0.39, 0.29) is 30.4 Å². The van der Waals surface area contributed by atoms with Crippen molar-refractivity contribution in [3.63, 3.8) is 0 Å². The van der Waals surface area contributed by atoms with Gasteiger partial charge in [0.25, 0.3) is 11.8 Å². The molecule has 0 saturated carbocycles. The molecule has 2 aromatic rings. The molecule has 0 radical (unpaired) electrons. The quantitative estimate of drug-likeness (QED) is 0.570. The fourth-order valence-electron chi connectivity index (χ4n) is 4.42. The summed E-state index contributed by atoms with van der Waals surface area (Å²) < 4.78 is 16.4. The van der Waals surface area contributed by atoms with Crippen molar-refractivity contribution in [2.45, 2.75) is 32.5 Å². The summed E-state index contributed by atoms with van der Waals surface area (Å²) in [5.41, 5.74) is 1.78. The molecule has 180 valence electrons. The minimum absolute atomic E-state index is 0.128. The van der Waals surface area contributed by atoms with Crippen LogP contribution in [0.5, 0.6) is 11.5 Å². The summed E-state index contributed by atoms with van der Waals surface area (Å²) in [5, 5.41) is 2.84. The second-order valence-electron chi connectivity index (χ2n) is 8.39. The Balaban J connectivity index is 1.66. The molecule has 0 unspecified atom stereocenters. The van der Waals surface area contributed by atoms with Gasteiger partial charge in [-0.15, -0.1) is 0 Å². The minimum Gasteiger partial charge on any atom is -0.493 e. The number of nitrogens with one attached hydrogen (secondary N) is 1. The molecule has 0 spiro atoms. The highest BCUT2D eigenvalue weighted by atomic mass is 16.5. The summed E-state index contributed by atoms with van der Waals surface area (Å²) in [6.45, 7) is 4.68. The lowest BCUT2D eigenvalue weighted by Gasteiger charge is -2.40. The fraction of sp³-hybridized carbons (Fsp3) is 0.400. The predicted molar refractivity (Wildman–Crippen MR) is 125 cm³/mol. The predicted octanol–water partition coefficient (Wildman–Crippen LogP) is 2.75. The van der Waals surface area contributed by atoms with E-state index in [1.54, 1.807) is 41.3 Å². The molecule has 1 N–H and O–H groups in total. The van der Waals surface area contributed by atoms with Gasteiger partial charge < -0.3 is 24.4 Å². The van der Waals surface area contributed by atoms with E-state index in [1.807, 2.05) is 13.8 Å². The van der Waals surface area contributed by atoms with E-state index in [4.69, 9.17) is 14.2 Å². The van der Waals surface area contributed by atoms with Gasteiger partial charge in [0.2, 0.25) is 5.91 Å². The van der Waals surface area contributed by atoms with E-state index >= 15 is 0 Å². The van der Waals surface area contributed by atoms with Crippen molar-refractivity contribution in [3.8, 4) is 11.5 Å². The topological polar surface area (TPSA) is 97.4 Å². The molecule has 0 fully saturated rings. The van der Waals surface area contributed by atoms with Crippen LogP contribution in [0.2, 0.25) is 0 Å². The van der Waals surface area contributed by atoms with E-state index in [9.17, 15) is 14.4 Å². The highest BCUT2D eigenvalue weighted by Crippen LogP contribution is 2.49. The molecular weight excluding hydrogens is 438 g/mol. The Bertz CT molecular complexity index is 1120. The first-order chi connectivity index (χ1) is 16.4. The number of carbonyl (C=O) groups excluding carboxylic acids is 3. The monoisotopic (exact) mass is 467 g/mol. The summed E-state index contributed by atoms with van der Waals surface area (Å²) in [7, 11) is 2.97. The summed E-state index contributed by atoms with van der Waals surface area (Å²) in [5.74, 6) is -0.211. The Labute approximate surface area is 198 Å². The van der Waals surface area contributed by atoms with Crippen LogP contribution in [0.15, 0.2) is 36.4 Å². The molecule has 0 aliphatic carbocycles. The number of anilines is 1. The van der Waals surface area contributed by atoms with Crippen molar-refractivity contribution >= 4 is 23.4 Å². The number of carbonyl (C=O) groups is 3. The van der Waals surface area contributed by atoms with Crippen molar-refractivity contribution in [1.29, 1.82) is 0 Å². The van der Waals surface area contributed by atoms with Gasteiger partial charge in [0, 0.05) is 18.7 Å². The van der Waals surface area contributed by atoms with Gasteiger partial charge in [0.05, 0.1) is 37.1 Å². The SMILES string of the molecule is COc1ccc2c(c1OC)C(=O)N1c3ccccc3C(=O)N(CC(=O)NCCCOC(C)C)[C@@H]21. The van der Waals surface area contributed by atoms with Crippen LogP contribution in [0.25, 0.3) is 0 Å². The Hall–Kier alpha value is -3.59. The number of methoxy groups -OCH3 is 2. The van der Waals surface area contributed by atoms with Gasteiger partial charge in [-0.25, -0.2) is 0 Å². The maximum atomic E-state index is 13.6. The van der Waals surface area contributed by atoms with Crippen molar-refractivity contribution in [2.75, 3.05) is 38.8 Å². The Morgan fingerprint density at radius 1 is 1.06 bits per heavy atom. The fourth-order valence-corrected chi connectivity index (χ4v) is 4.42. The van der Waals surface area contributed by atoms with Crippen LogP contribution >= 0.6 is 0 Å². The summed E-state index contributed by atoms with van der Waals surface area (Å²) in [4.78, 5) is 42.8. The number of hydrogen-bond acceptors (Lipinski definition) is 6. The molecule has 0 saturated heterocycles. The lowest BCUT2D eigenvalue weighted by Crippen LogP contribution is -2.51. The largest absolute Gasteiger partial charge is 0.493 e. The molecule has 9 nitrogen and oxygen atoms in total. The highest BCUT2D eigenvalue weighted by Gasteiger charge is 2.50. The average molecular weight is 468 g/mol. The molecule has 2 aliphatic heterocycles. The molecule has 0 bridgehead atoms. The second kappa shape index (κ2) is 9.72. The molecule has 9 heteroatoms. The molecule has 2 heterocycles. The van der Waals surface area contributed by atoms with Crippen molar-refractivity contribution in [2.24, 2.45) is 0 Å². The number of hydrogen-bond donors (Lipinski definition) is 1. The van der Waals surface area contributed by atoms with Gasteiger partial charge in [-0.2, -0.15) is 0 Å². The molecular formula is C25H29N3O6. The average Bonchev–Trinajstić information content (AvgIpc) is 3.13. The molecule has 4 rings (SSSR count). The first-order valence-electron chi connectivity index (χ1n) is 11.3. The maximum absolute atomic E-state index is 13.6. The Kier molecular flexibility index (Phi) is 6.74. The molecule has 2 aromatic carbocycles. The lowest BCUT2D eigenvalue weighted by molar-refractivity contribution is -0.122. The third-order valence-corrected chi connectivity index (χ3v) is 5.89. The molecule has 1 atom stereocenters. The smallest absolute Gasteiger partial charge is 0.264 e. The zero-order valence-corrected chi connectivity index (χ0v) is 19.8. The maximum Gasteiger partial charge on any atom is 0.264 e. The van der Waals surface area contributed by atoms with E-state index in [2.05, 4.69) is 5.32 Å². The number of benzene rings is 2. The normalized spacial score (nSPS) is 16.3. The van der Waals surface area contributed by atoms with Gasteiger partial charge >= 0.3 is 0 Å². The van der Waals surface area contributed by atoms with Gasteiger partial charge in [-0.3, -0.25) is 19.3 Å². The highest BCUT2D eigenvalue weighted by molar-refractivity contribution is 6.18. The molecule has 3 amide bonds. The Morgan fingerprint density at radius 3 is 2.53 bits per heavy atom. The van der Waals surface area contributed by atoms with Crippen LogP contribution in [0.3, 0.4) is 0 Å². The van der Waals surface area contributed by atoms with E-state index in [1.165, 1.54) is 19.1 Å². The number of fused-ring (bicyclic) bond motifs is 5. The van der Waals surface area contributed by atoms with Crippen molar-refractivity contribution < 1.29 is 28.6 Å². The molecule has 34 heavy (non-hydrogen) atoms. The van der Waals surface area contributed by atoms with E-state index in [0.29, 0.717) is 53.4 Å². The van der Waals surface area contributed by atoms with Crippen LogP contribution in [-0.4, -0.2) is 62.6 Å². The summed E-state index contributed by atoms with van der Waals surface area (Å²) in [6.07, 6.45) is 0.0252. The number of nitrogens with zero attached hydrogens (tertiary/aromatic N) is 2. The zero-order chi connectivity index (χ0) is 24.4.